The third-order valence-corrected chi connectivity index (χ3v) is 1.93. The van der Waals surface area contributed by atoms with Gasteiger partial charge >= 0.3 is 0 Å². The van der Waals surface area contributed by atoms with Crippen molar-refractivity contribution in [1.82, 2.24) is 10.6 Å². The molecule has 1 atom stereocenters. The van der Waals surface area contributed by atoms with E-state index in [1.165, 1.54) is 0 Å². The lowest BCUT2D eigenvalue weighted by atomic mass is 10.2. The van der Waals surface area contributed by atoms with Crippen LogP contribution >= 0.6 is 0 Å². The van der Waals surface area contributed by atoms with Gasteiger partial charge in [-0.05, 0) is 27.2 Å². The first-order valence-corrected chi connectivity index (χ1v) is 4.93. The van der Waals surface area contributed by atoms with E-state index >= 15 is 0 Å². The minimum Gasteiger partial charge on any atom is -0.379 e. The number of hydrogen-bond donors (Lipinski definition) is 2. The molecule has 0 bridgehead atoms. The summed E-state index contributed by atoms with van der Waals surface area (Å²) >= 11 is 0. The number of ether oxygens (including phenoxy) is 1. The Balaban J connectivity index is 0.000000288. The zero-order valence-corrected chi connectivity index (χ0v) is 9.79. The SMILES string of the molecule is COC(C)(C)C.O=CNC1CCNC1=O. The van der Waals surface area contributed by atoms with Crippen LogP contribution in [-0.2, 0) is 14.3 Å². The molecule has 1 rings (SSSR count). The predicted molar refractivity (Wildman–Crippen MR) is 57.4 cm³/mol. The number of nitrogens with one attached hydrogen (secondary N) is 2. The Morgan fingerprint density at radius 2 is 2.07 bits per heavy atom. The van der Waals surface area contributed by atoms with E-state index in [4.69, 9.17) is 4.74 Å². The smallest absolute Gasteiger partial charge is 0.242 e. The Bertz CT molecular complexity index is 211. The van der Waals surface area contributed by atoms with E-state index in [1.54, 1.807) is 7.11 Å². The molecule has 5 heteroatoms. The summed E-state index contributed by atoms with van der Waals surface area (Å²) in [7, 11) is 1.71. The van der Waals surface area contributed by atoms with E-state index in [-0.39, 0.29) is 17.6 Å². The van der Waals surface area contributed by atoms with Crippen LogP contribution in [0.4, 0.5) is 0 Å². The summed E-state index contributed by atoms with van der Waals surface area (Å²) in [6.07, 6.45) is 1.26. The van der Waals surface area contributed by atoms with E-state index in [1.807, 2.05) is 20.8 Å². The first kappa shape index (κ1) is 13.9. The average Bonchev–Trinajstić information content (AvgIpc) is 2.53. The Morgan fingerprint density at radius 1 is 1.53 bits per heavy atom. The van der Waals surface area contributed by atoms with Crippen LogP contribution in [0.2, 0.25) is 0 Å². The Kier molecular flexibility index (Phi) is 5.93. The molecule has 1 saturated heterocycles. The zero-order valence-electron chi connectivity index (χ0n) is 9.79. The average molecular weight is 216 g/mol. The predicted octanol–water partition coefficient (Wildman–Crippen LogP) is 0.0522. The third-order valence-electron chi connectivity index (χ3n) is 1.93. The molecule has 1 aliphatic heterocycles. The highest BCUT2D eigenvalue weighted by Gasteiger charge is 2.22. The highest BCUT2D eigenvalue weighted by molar-refractivity contribution is 5.85. The fraction of sp³-hybridized carbons (Fsp3) is 0.800. The van der Waals surface area contributed by atoms with E-state index in [0.29, 0.717) is 19.4 Å². The Hall–Kier alpha value is -1.10. The molecule has 5 nitrogen and oxygen atoms in total. The van der Waals surface area contributed by atoms with Crippen molar-refractivity contribution < 1.29 is 14.3 Å². The molecule has 0 saturated carbocycles. The van der Waals surface area contributed by atoms with Crippen molar-refractivity contribution >= 4 is 12.3 Å². The van der Waals surface area contributed by atoms with Crippen molar-refractivity contribution in [2.75, 3.05) is 13.7 Å². The summed E-state index contributed by atoms with van der Waals surface area (Å²) in [6.45, 7) is 6.73. The van der Waals surface area contributed by atoms with Gasteiger partial charge in [-0.2, -0.15) is 0 Å². The van der Waals surface area contributed by atoms with E-state index < -0.39 is 0 Å². The van der Waals surface area contributed by atoms with Crippen LogP contribution in [0, 0.1) is 0 Å². The lowest BCUT2D eigenvalue weighted by Gasteiger charge is -2.14. The Morgan fingerprint density at radius 3 is 2.33 bits per heavy atom. The second-order valence-electron chi connectivity index (χ2n) is 4.23. The highest BCUT2D eigenvalue weighted by atomic mass is 16.5. The molecule has 2 amide bonds. The van der Waals surface area contributed by atoms with Gasteiger partial charge in [-0.15, -0.1) is 0 Å². The Labute approximate surface area is 90.6 Å². The molecule has 0 aromatic rings. The van der Waals surface area contributed by atoms with Gasteiger partial charge in [-0.1, -0.05) is 0 Å². The van der Waals surface area contributed by atoms with Crippen LogP contribution < -0.4 is 10.6 Å². The molecule has 15 heavy (non-hydrogen) atoms. The lowest BCUT2D eigenvalue weighted by Crippen LogP contribution is -2.35. The van der Waals surface area contributed by atoms with Gasteiger partial charge in [0.25, 0.3) is 0 Å². The maximum Gasteiger partial charge on any atom is 0.242 e. The van der Waals surface area contributed by atoms with Gasteiger partial charge in [-0.3, -0.25) is 9.59 Å². The molecule has 1 fully saturated rings. The van der Waals surface area contributed by atoms with Crippen molar-refractivity contribution in [3.8, 4) is 0 Å². The molecule has 1 aliphatic rings. The van der Waals surface area contributed by atoms with Gasteiger partial charge in [0.2, 0.25) is 12.3 Å². The quantitative estimate of drug-likeness (QED) is 0.641. The zero-order chi connectivity index (χ0) is 11.9. The van der Waals surface area contributed by atoms with Gasteiger partial charge in [0.1, 0.15) is 6.04 Å². The second-order valence-corrected chi connectivity index (χ2v) is 4.23. The summed E-state index contributed by atoms with van der Waals surface area (Å²) in [6, 6.07) is -0.289. The lowest BCUT2D eigenvalue weighted by molar-refractivity contribution is -0.123. The van der Waals surface area contributed by atoms with Crippen LogP contribution in [0.5, 0.6) is 0 Å². The van der Waals surface area contributed by atoms with Crippen molar-refractivity contribution in [2.24, 2.45) is 0 Å². The van der Waals surface area contributed by atoms with Gasteiger partial charge in [0, 0.05) is 13.7 Å². The third kappa shape index (κ3) is 6.90. The highest BCUT2D eigenvalue weighted by Crippen LogP contribution is 2.02. The van der Waals surface area contributed by atoms with Gasteiger partial charge in [-0.25, -0.2) is 0 Å². The number of methoxy groups -OCH3 is 1. The van der Waals surface area contributed by atoms with Gasteiger partial charge < -0.3 is 15.4 Å². The summed E-state index contributed by atoms with van der Waals surface area (Å²) in [4.78, 5) is 20.4. The monoisotopic (exact) mass is 216 g/mol. The molecule has 0 aromatic carbocycles. The van der Waals surface area contributed by atoms with Crippen LogP contribution in [0.15, 0.2) is 0 Å². The molecule has 2 N–H and O–H groups in total. The maximum atomic E-state index is 10.6. The van der Waals surface area contributed by atoms with E-state index in [9.17, 15) is 9.59 Å². The van der Waals surface area contributed by atoms with E-state index in [0.717, 1.165) is 0 Å². The largest absolute Gasteiger partial charge is 0.379 e. The molecular weight excluding hydrogens is 196 g/mol. The summed E-state index contributed by atoms with van der Waals surface area (Å²) in [5.41, 5.74) is 0.0417. The van der Waals surface area contributed by atoms with Gasteiger partial charge in [0.05, 0.1) is 5.60 Å². The first-order chi connectivity index (χ1) is 6.90. The van der Waals surface area contributed by atoms with Crippen LogP contribution in [-0.4, -0.2) is 37.6 Å². The fourth-order valence-electron chi connectivity index (χ4n) is 0.835. The second kappa shape index (κ2) is 6.40. The molecule has 0 aromatic heterocycles. The van der Waals surface area contributed by atoms with Crippen LogP contribution in [0.3, 0.4) is 0 Å². The summed E-state index contributed by atoms with van der Waals surface area (Å²) < 4.78 is 4.94. The maximum absolute atomic E-state index is 10.6. The first-order valence-electron chi connectivity index (χ1n) is 4.93. The molecule has 0 radical (unpaired) electrons. The van der Waals surface area contributed by atoms with Crippen LogP contribution in [0.25, 0.3) is 0 Å². The fourth-order valence-corrected chi connectivity index (χ4v) is 0.835. The number of amides is 2. The minimum absolute atomic E-state index is 0.0417. The minimum atomic E-state index is -0.289. The van der Waals surface area contributed by atoms with Crippen molar-refractivity contribution in [3.05, 3.63) is 0 Å². The molecular formula is C10H20N2O3. The molecule has 1 unspecified atom stereocenters. The standard InChI is InChI=1S/C5H8N2O2.C5H12O/c8-3-7-4-1-2-6-5(4)9;1-5(2,3)6-4/h3-4H,1-2H2,(H,6,9)(H,7,8);1-4H3. The molecule has 88 valence electrons. The molecule has 0 spiro atoms. The summed E-state index contributed by atoms with van der Waals surface area (Å²) in [5, 5.41) is 5.00. The van der Waals surface area contributed by atoms with Crippen molar-refractivity contribution in [1.29, 1.82) is 0 Å². The van der Waals surface area contributed by atoms with Crippen LogP contribution in [0.1, 0.15) is 27.2 Å². The molecule has 1 heterocycles. The summed E-state index contributed by atoms with van der Waals surface area (Å²) in [5.74, 6) is -0.0814. The number of carbonyl (C=O) groups excluding carboxylic acids is 2. The van der Waals surface area contributed by atoms with Crippen molar-refractivity contribution in [2.45, 2.75) is 38.8 Å². The van der Waals surface area contributed by atoms with Gasteiger partial charge in [0.15, 0.2) is 0 Å². The van der Waals surface area contributed by atoms with E-state index in [2.05, 4.69) is 10.6 Å². The molecule has 0 aliphatic carbocycles. The number of rotatable bonds is 2. The topological polar surface area (TPSA) is 67.4 Å². The number of hydrogen-bond acceptors (Lipinski definition) is 3. The number of carbonyl (C=O) groups is 2. The van der Waals surface area contributed by atoms with Crippen molar-refractivity contribution in [3.63, 3.8) is 0 Å². The normalized spacial score (nSPS) is 20.0.